The van der Waals surface area contributed by atoms with Crippen LogP contribution in [0.15, 0.2) is 23.8 Å². The summed E-state index contributed by atoms with van der Waals surface area (Å²) in [6, 6.07) is 0. The van der Waals surface area contributed by atoms with E-state index in [4.69, 9.17) is 0 Å². The Morgan fingerprint density at radius 3 is 2.65 bits per heavy atom. The Kier molecular flexibility index (Phi) is 3.57. The molecule has 4 aliphatic carbocycles. The summed E-state index contributed by atoms with van der Waals surface area (Å²) in [4.78, 5) is 12.2. The topological polar surface area (TPSA) is 17.1 Å². The zero-order valence-corrected chi connectivity index (χ0v) is 15.4. The molecule has 1 saturated heterocycles. The van der Waals surface area contributed by atoms with Crippen molar-refractivity contribution >= 4 is 29.3 Å². The molecule has 3 saturated carbocycles. The first kappa shape index (κ1) is 15.1. The molecule has 1 nitrogen and oxygen atoms in total. The number of thioether (sulfide) groups is 2. The lowest BCUT2D eigenvalue weighted by molar-refractivity contribution is -0.122. The highest BCUT2D eigenvalue weighted by Gasteiger charge is 2.52. The molecule has 5 aliphatic rings. The second-order valence-corrected chi connectivity index (χ2v) is 11.3. The monoisotopic (exact) mass is 346 g/mol. The molecule has 1 spiro atoms. The Morgan fingerprint density at radius 1 is 1.04 bits per heavy atom. The molecule has 0 N–H and O–H groups in total. The summed E-state index contributed by atoms with van der Waals surface area (Å²) in [7, 11) is 0. The fourth-order valence-electron chi connectivity index (χ4n) is 6.38. The van der Waals surface area contributed by atoms with Gasteiger partial charge in [0.2, 0.25) is 0 Å². The number of Topliss-reactive ketones (excluding diaryl/α,β-unsaturated/α-hetero) is 1. The Labute approximate surface area is 148 Å². The van der Waals surface area contributed by atoms with Crippen LogP contribution in [0.25, 0.3) is 0 Å². The van der Waals surface area contributed by atoms with Gasteiger partial charge in [-0.25, -0.2) is 0 Å². The molecule has 1 heterocycles. The third-order valence-electron chi connectivity index (χ3n) is 7.28. The highest BCUT2D eigenvalue weighted by Crippen LogP contribution is 2.61. The van der Waals surface area contributed by atoms with Crippen LogP contribution in [-0.2, 0) is 4.79 Å². The summed E-state index contributed by atoms with van der Waals surface area (Å²) < 4.78 is 0.417. The summed E-state index contributed by atoms with van der Waals surface area (Å²) in [6.07, 6.45) is 11.0. The van der Waals surface area contributed by atoms with Crippen molar-refractivity contribution < 1.29 is 4.79 Å². The summed E-state index contributed by atoms with van der Waals surface area (Å²) >= 11 is 4.37. The number of carbonyl (C=O) groups is 1. The predicted molar refractivity (Wildman–Crippen MR) is 99.6 cm³/mol. The molecule has 124 valence electrons. The molecule has 0 aromatic rings. The van der Waals surface area contributed by atoms with E-state index in [9.17, 15) is 4.79 Å². The zero-order chi connectivity index (χ0) is 15.6. The van der Waals surface area contributed by atoms with Crippen LogP contribution in [0.2, 0.25) is 0 Å². The van der Waals surface area contributed by atoms with Crippen LogP contribution in [0.3, 0.4) is 0 Å². The Bertz CT molecular complexity index is 586. The number of ketones is 1. The van der Waals surface area contributed by atoms with E-state index in [2.05, 4.69) is 36.2 Å². The average Bonchev–Trinajstić information content (AvgIpc) is 3.15. The second kappa shape index (κ2) is 5.42. The quantitative estimate of drug-likeness (QED) is 0.569. The number of hydrogen-bond acceptors (Lipinski definition) is 3. The Morgan fingerprint density at radius 2 is 1.83 bits per heavy atom. The van der Waals surface area contributed by atoms with Gasteiger partial charge in [-0.15, -0.1) is 23.5 Å². The third kappa shape index (κ3) is 2.25. The lowest BCUT2D eigenvalue weighted by atomic mass is 9.55. The van der Waals surface area contributed by atoms with E-state index >= 15 is 0 Å². The van der Waals surface area contributed by atoms with Crippen LogP contribution < -0.4 is 0 Å². The molecule has 0 aromatic heterocycles. The third-order valence-corrected chi connectivity index (χ3v) is 10.7. The fourth-order valence-corrected chi connectivity index (χ4v) is 9.56. The van der Waals surface area contributed by atoms with Crippen molar-refractivity contribution in [2.24, 2.45) is 29.6 Å². The van der Waals surface area contributed by atoms with Gasteiger partial charge in [0.05, 0.1) is 4.08 Å². The first-order valence-electron chi connectivity index (χ1n) is 9.37. The molecule has 0 bridgehead atoms. The fraction of sp³-hybridized carbons (Fsp3) is 0.750. The van der Waals surface area contributed by atoms with Gasteiger partial charge in [0, 0.05) is 23.8 Å². The number of rotatable bonds is 0. The number of allylic oxidation sites excluding steroid dienone is 2. The van der Waals surface area contributed by atoms with Gasteiger partial charge in [-0.2, -0.15) is 0 Å². The SMILES string of the molecule is C=C1CC2C(=O)CCC2C2CCC3=CC4(CCC3C12)SCCS4. The van der Waals surface area contributed by atoms with Gasteiger partial charge < -0.3 is 0 Å². The van der Waals surface area contributed by atoms with E-state index in [1.54, 1.807) is 5.57 Å². The van der Waals surface area contributed by atoms with Gasteiger partial charge in [0.25, 0.3) is 0 Å². The Hall–Kier alpha value is -0.150. The largest absolute Gasteiger partial charge is 0.299 e. The highest BCUT2D eigenvalue weighted by molar-refractivity contribution is 8.21. The number of carbonyl (C=O) groups excluding carboxylic acids is 1. The maximum atomic E-state index is 12.2. The van der Waals surface area contributed by atoms with Crippen molar-refractivity contribution in [3.63, 3.8) is 0 Å². The molecule has 0 radical (unpaired) electrons. The van der Waals surface area contributed by atoms with Gasteiger partial charge in [0.1, 0.15) is 5.78 Å². The summed E-state index contributed by atoms with van der Waals surface area (Å²) in [5, 5.41) is 0. The maximum absolute atomic E-state index is 12.2. The van der Waals surface area contributed by atoms with Crippen molar-refractivity contribution in [1.82, 2.24) is 0 Å². The van der Waals surface area contributed by atoms with Crippen molar-refractivity contribution in [3.05, 3.63) is 23.8 Å². The lowest BCUT2D eigenvalue weighted by Crippen LogP contribution is -2.43. The van der Waals surface area contributed by atoms with E-state index in [1.807, 2.05) is 0 Å². The minimum atomic E-state index is 0.338. The van der Waals surface area contributed by atoms with E-state index in [0.29, 0.717) is 27.6 Å². The highest BCUT2D eigenvalue weighted by atomic mass is 32.2. The van der Waals surface area contributed by atoms with Gasteiger partial charge in [-0.1, -0.05) is 23.8 Å². The molecule has 0 aromatic carbocycles. The predicted octanol–water partition coefficient (Wildman–Crippen LogP) is 5.08. The van der Waals surface area contributed by atoms with E-state index in [-0.39, 0.29) is 0 Å². The standard InChI is InChI=1S/C20H26OS2/c1-12-10-17-15(4-5-18(17)21)16-3-2-13-11-20(22-8-9-23-20)7-6-14(13)19(12)16/h11,14-17,19H,1-10H2. The minimum Gasteiger partial charge on any atom is -0.299 e. The van der Waals surface area contributed by atoms with E-state index < -0.39 is 0 Å². The van der Waals surface area contributed by atoms with E-state index in [0.717, 1.165) is 24.7 Å². The van der Waals surface area contributed by atoms with Crippen LogP contribution in [0, 0.1) is 29.6 Å². The molecule has 1 aliphatic heterocycles. The summed E-state index contributed by atoms with van der Waals surface area (Å²) in [6.45, 7) is 4.48. The zero-order valence-electron chi connectivity index (χ0n) is 13.8. The van der Waals surface area contributed by atoms with Gasteiger partial charge >= 0.3 is 0 Å². The van der Waals surface area contributed by atoms with Gasteiger partial charge in [0.15, 0.2) is 0 Å². The molecular formula is C20H26OS2. The second-order valence-electron chi connectivity index (χ2n) is 8.24. The van der Waals surface area contributed by atoms with Crippen molar-refractivity contribution in [2.45, 2.75) is 49.0 Å². The molecule has 5 atom stereocenters. The molecule has 5 unspecified atom stereocenters. The van der Waals surface area contributed by atoms with Crippen molar-refractivity contribution in [1.29, 1.82) is 0 Å². The van der Waals surface area contributed by atoms with Crippen LogP contribution in [-0.4, -0.2) is 21.4 Å². The van der Waals surface area contributed by atoms with Gasteiger partial charge in [-0.3, -0.25) is 4.79 Å². The van der Waals surface area contributed by atoms with Crippen LogP contribution in [0.4, 0.5) is 0 Å². The summed E-state index contributed by atoms with van der Waals surface area (Å²) in [5.41, 5.74) is 3.17. The van der Waals surface area contributed by atoms with E-state index in [1.165, 1.54) is 49.2 Å². The van der Waals surface area contributed by atoms with Crippen LogP contribution in [0.1, 0.15) is 44.9 Å². The minimum absolute atomic E-state index is 0.338. The number of fused-ring (bicyclic) bond motifs is 5. The maximum Gasteiger partial charge on any atom is 0.136 e. The van der Waals surface area contributed by atoms with Crippen LogP contribution >= 0.6 is 23.5 Å². The molecule has 0 amide bonds. The lowest BCUT2D eigenvalue weighted by Gasteiger charge is -2.51. The average molecular weight is 347 g/mol. The normalized spacial score (nSPS) is 44.7. The van der Waals surface area contributed by atoms with Crippen LogP contribution in [0.5, 0.6) is 0 Å². The molecule has 5 rings (SSSR count). The first-order chi connectivity index (χ1) is 11.2. The van der Waals surface area contributed by atoms with Crippen molar-refractivity contribution in [3.8, 4) is 0 Å². The number of hydrogen-bond donors (Lipinski definition) is 0. The molecule has 23 heavy (non-hydrogen) atoms. The molecule has 4 fully saturated rings. The molecular weight excluding hydrogens is 320 g/mol. The first-order valence-corrected chi connectivity index (χ1v) is 11.3. The summed E-state index contributed by atoms with van der Waals surface area (Å²) in [5.74, 6) is 6.41. The Balaban J connectivity index is 1.46. The smallest absolute Gasteiger partial charge is 0.136 e. The van der Waals surface area contributed by atoms with Crippen molar-refractivity contribution in [2.75, 3.05) is 11.5 Å². The van der Waals surface area contributed by atoms with Gasteiger partial charge in [-0.05, 0) is 62.2 Å². The molecule has 3 heteroatoms.